The van der Waals surface area contributed by atoms with Gasteiger partial charge in [0.05, 0.1) is 0 Å². The van der Waals surface area contributed by atoms with Gasteiger partial charge in [0.15, 0.2) is 12.4 Å². The molecule has 0 radical (unpaired) electrons. The summed E-state index contributed by atoms with van der Waals surface area (Å²) in [6, 6.07) is 4.17. The molecule has 0 N–H and O–H groups in total. The van der Waals surface area contributed by atoms with Crippen LogP contribution in [0.15, 0.2) is 24.5 Å². The van der Waals surface area contributed by atoms with Gasteiger partial charge in [-0.3, -0.25) is 0 Å². The van der Waals surface area contributed by atoms with E-state index in [1.165, 1.54) is 5.56 Å². The molecule has 0 aliphatic carbocycles. The predicted molar refractivity (Wildman–Crippen MR) is 60.5 cm³/mol. The van der Waals surface area contributed by atoms with Crippen molar-refractivity contribution in [2.45, 2.75) is 20.4 Å². The van der Waals surface area contributed by atoms with Crippen LogP contribution >= 0.6 is 40.4 Å². The van der Waals surface area contributed by atoms with E-state index in [9.17, 15) is 0 Å². The van der Waals surface area contributed by atoms with Gasteiger partial charge in [-0.15, -0.1) is 0 Å². The maximum absolute atomic E-state index is 4.95. The van der Waals surface area contributed by atoms with E-state index in [0.29, 0.717) is 0 Å². The fourth-order valence-electron chi connectivity index (χ4n) is 0.850. The van der Waals surface area contributed by atoms with Crippen molar-refractivity contribution in [1.82, 2.24) is 0 Å². The van der Waals surface area contributed by atoms with Crippen LogP contribution in [-0.4, -0.2) is 0 Å². The van der Waals surface area contributed by atoms with Crippen LogP contribution in [0.25, 0.3) is 0 Å². The van der Waals surface area contributed by atoms with Crippen LogP contribution in [0.5, 0.6) is 0 Å². The molecule has 0 saturated heterocycles. The van der Waals surface area contributed by atoms with Gasteiger partial charge in [-0.2, -0.15) is 0 Å². The van der Waals surface area contributed by atoms with Crippen molar-refractivity contribution in [3.8, 4) is 0 Å². The molecule has 0 amide bonds. The van der Waals surface area contributed by atoms with Gasteiger partial charge in [0.2, 0.25) is 0 Å². The number of hydrogen-bond donors (Lipinski definition) is 0. The van der Waals surface area contributed by atoms with Gasteiger partial charge >= 0.3 is 49.6 Å². The summed E-state index contributed by atoms with van der Waals surface area (Å²) in [5, 5.41) is 0. The fourth-order valence-corrected chi connectivity index (χ4v) is 0.850. The van der Waals surface area contributed by atoms with Crippen LogP contribution < -0.4 is 4.57 Å². The second-order valence-corrected chi connectivity index (χ2v) is 13.5. The van der Waals surface area contributed by atoms with Crippen molar-refractivity contribution < 1.29 is 13.8 Å². The molecule has 0 saturated carbocycles. The number of aryl methyl sites for hydroxylation is 2. The SMILES string of the molecule is CC[n+]1cccc(C)c1.[Cl][Fe-]([Cl])([Cl])[Cl]. The van der Waals surface area contributed by atoms with E-state index in [0.717, 1.165) is 6.54 Å². The van der Waals surface area contributed by atoms with Gasteiger partial charge in [0.1, 0.15) is 6.54 Å². The summed E-state index contributed by atoms with van der Waals surface area (Å²) in [7, 11) is 17.2. The van der Waals surface area contributed by atoms with E-state index in [1.807, 2.05) is 0 Å². The molecule has 14 heavy (non-hydrogen) atoms. The Hall–Kier alpha value is 0.829. The van der Waals surface area contributed by atoms with Gasteiger partial charge in [0, 0.05) is 11.6 Å². The van der Waals surface area contributed by atoms with Crippen LogP contribution in [0.4, 0.5) is 0 Å². The van der Waals surface area contributed by atoms with Crippen molar-refractivity contribution >= 4 is 40.4 Å². The molecule has 1 aromatic rings. The Labute approximate surface area is 104 Å². The van der Waals surface area contributed by atoms with E-state index < -0.39 is 9.20 Å². The maximum atomic E-state index is 4.95. The third-order valence-corrected chi connectivity index (χ3v) is 1.37. The van der Waals surface area contributed by atoms with Crippen LogP contribution in [0, 0.1) is 6.92 Å². The molecular formula is C8H12Cl4FeN. The molecule has 0 spiro atoms. The molecule has 1 heterocycles. The van der Waals surface area contributed by atoms with Crippen molar-refractivity contribution in [3.63, 3.8) is 0 Å². The van der Waals surface area contributed by atoms with Crippen molar-refractivity contribution in [1.29, 1.82) is 0 Å². The summed E-state index contributed by atoms with van der Waals surface area (Å²) in [4.78, 5) is 0. The van der Waals surface area contributed by atoms with Crippen molar-refractivity contribution in [3.05, 3.63) is 30.1 Å². The van der Waals surface area contributed by atoms with Crippen LogP contribution in [0.3, 0.4) is 0 Å². The first-order valence-corrected chi connectivity index (χ1v) is 9.90. The molecule has 1 aromatic heterocycles. The van der Waals surface area contributed by atoms with Gasteiger partial charge < -0.3 is 0 Å². The van der Waals surface area contributed by atoms with E-state index in [4.69, 9.17) is 40.4 Å². The molecular weight excluding hydrogens is 308 g/mol. The van der Waals surface area contributed by atoms with E-state index in [1.54, 1.807) is 0 Å². The van der Waals surface area contributed by atoms with Gasteiger partial charge in [-0.05, 0) is 19.9 Å². The molecule has 1 nitrogen and oxygen atoms in total. The van der Waals surface area contributed by atoms with Crippen molar-refractivity contribution in [2.24, 2.45) is 0 Å². The molecule has 0 bridgehead atoms. The van der Waals surface area contributed by atoms with E-state index in [-0.39, 0.29) is 0 Å². The average molecular weight is 320 g/mol. The Bertz CT molecular complexity index is 268. The Morgan fingerprint density at radius 3 is 2.07 bits per heavy atom. The summed E-state index contributed by atoms with van der Waals surface area (Å²) in [6.07, 6.45) is 4.22. The standard InChI is InChI=1S/C8H12N.4ClH.Fe/c1-3-9-6-4-5-8(2)7-9;;;;;/h4-7H,3H2,1-2H3;4*1H;/q+1;;;;;+3/p-4. The molecule has 0 aliphatic rings. The Kier molecular flexibility index (Phi) is 7.58. The number of hydrogen-bond acceptors (Lipinski definition) is 0. The van der Waals surface area contributed by atoms with E-state index in [2.05, 4.69) is 42.9 Å². The van der Waals surface area contributed by atoms with Crippen LogP contribution in [0.2, 0.25) is 0 Å². The molecule has 6 heteroatoms. The van der Waals surface area contributed by atoms with Crippen LogP contribution in [0.1, 0.15) is 12.5 Å². The number of halogens is 4. The summed E-state index contributed by atoms with van der Waals surface area (Å²) < 4.78 is 2.16. The topological polar surface area (TPSA) is 3.88 Å². The molecule has 1 rings (SSSR count). The zero-order chi connectivity index (χ0) is 11.2. The molecule has 0 fully saturated rings. The Morgan fingerprint density at radius 1 is 1.29 bits per heavy atom. The zero-order valence-electron chi connectivity index (χ0n) is 7.83. The van der Waals surface area contributed by atoms with Gasteiger partial charge in [-0.25, -0.2) is 4.57 Å². The normalized spacial score (nSPS) is 11.6. The van der Waals surface area contributed by atoms with Gasteiger partial charge in [0.25, 0.3) is 0 Å². The first-order valence-electron chi connectivity index (χ1n) is 3.82. The number of aromatic nitrogens is 1. The van der Waals surface area contributed by atoms with Gasteiger partial charge in [-0.1, -0.05) is 0 Å². The van der Waals surface area contributed by atoms with Crippen LogP contribution in [-0.2, 0) is 15.7 Å². The summed E-state index contributed by atoms with van der Waals surface area (Å²) in [5.41, 5.74) is 1.32. The fraction of sp³-hybridized carbons (Fsp3) is 0.375. The molecule has 0 aliphatic heterocycles. The van der Waals surface area contributed by atoms with Crippen molar-refractivity contribution in [2.75, 3.05) is 0 Å². The first kappa shape index (κ1) is 14.8. The minimum absolute atomic E-state index is 1.06. The monoisotopic (exact) mass is 318 g/mol. The summed E-state index contributed by atoms with van der Waals surface area (Å²) >= 11 is 0. The Morgan fingerprint density at radius 2 is 1.79 bits per heavy atom. The average Bonchev–Trinajstić information content (AvgIpc) is 2.01. The molecule has 0 aromatic carbocycles. The second-order valence-electron chi connectivity index (χ2n) is 2.51. The molecule has 85 valence electrons. The number of pyridine rings is 1. The molecule has 0 unspecified atom stereocenters. The Balaban J connectivity index is 0.000000292. The first-order chi connectivity index (χ1) is 6.33. The summed E-state index contributed by atoms with van der Waals surface area (Å²) in [5.74, 6) is 0. The van der Waals surface area contributed by atoms with E-state index >= 15 is 0 Å². The molecule has 0 atom stereocenters. The minimum atomic E-state index is -2.61. The third kappa shape index (κ3) is 10.9. The zero-order valence-corrected chi connectivity index (χ0v) is 12.0. The number of rotatable bonds is 1. The quantitative estimate of drug-likeness (QED) is 0.543. The second kappa shape index (κ2) is 7.16. The third-order valence-electron chi connectivity index (χ3n) is 1.37. The summed E-state index contributed by atoms with van der Waals surface area (Å²) in [6.45, 7) is 5.30. The predicted octanol–water partition coefficient (Wildman–Crippen LogP) is 4.06. The number of nitrogens with zero attached hydrogens (tertiary/aromatic N) is 1.